The average molecular weight is 316 g/mol. The van der Waals surface area contributed by atoms with E-state index in [1.165, 1.54) is 23.8 Å². The first-order valence-corrected chi connectivity index (χ1v) is 7.04. The molecule has 1 aromatic carbocycles. The number of nitrogens with one attached hydrogen (secondary N) is 2. The molecule has 0 unspecified atom stereocenters. The molecule has 0 bridgehead atoms. The number of hydrogen-bond donors (Lipinski definition) is 1. The molecule has 2 heterocycles. The van der Waals surface area contributed by atoms with E-state index in [1.54, 1.807) is 24.4 Å². The number of halogens is 1. The molecule has 6 nitrogen and oxygen atoms in total. The van der Waals surface area contributed by atoms with Crippen LogP contribution in [0.1, 0.15) is 0 Å². The zero-order valence-corrected chi connectivity index (χ0v) is 12.4. The SMILES string of the molecule is COCCn1c(=O)[nH]c(=O)c2c(-c3ccc(F)cc3)cc[nH+]c21. The second-order valence-corrected chi connectivity index (χ2v) is 5.03. The molecule has 0 aliphatic carbocycles. The molecule has 118 valence electrons. The number of fused-ring (bicyclic) bond motifs is 1. The van der Waals surface area contributed by atoms with Crippen LogP contribution in [-0.2, 0) is 11.3 Å². The second-order valence-electron chi connectivity index (χ2n) is 5.03. The molecule has 0 atom stereocenters. The van der Waals surface area contributed by atoms with E-state index in [-0.39, 0.29) is 5.82 Å². The van der Waals surface area contributed by atoms with E-state index in [0.717, 1.165) is 0 Å². The van der Waals surface area contributed by atoms with E-state index >= 15 is 0 Å². The van der Waals surface area contributed by atoms with E-state index < -0.39 is 11.2 Å². The Labute approximate surface area is 130 Å². The normalized spacial score (nSPS) is 11.0. The number of aromatic amines is 2. The highest BCUT2D eigenvalue weighted by Gasteiger charge is 2.19. The van der Waals surface area contributed by atoms with Crippen molar-refractivity contribution in [1.29, 1.82) is 0 Å². The van der Waals surface area contributed by atoms with Gasteiger partial charge in [0.05, 0.1) is 12.8 Å². The van der Waals surface area contributed by atoms with Gasteiger partial charge in [0.1, 0.15) is 17.7 Å². The van der Waals surface area contributed by atoms with Crippen LogP contribution in [0.3, 0.4) is 0 Å². The third-order valence-electron chi connectivity index (χ3n) is 3.61. The van der Waals surface area contributed by atoms with Gasteiger partial charge in [-0.2, -0.15) is 4.57 Å². The first-order chi connectivity index (χ1) is 11.1. The van der Waals surface area contributed by atoms with Gasteiger partial charge in [-0.05, 0) is 23.8 Å². The van der Waals surface area contributed by atoms with Crippen molar-refractivity contribution < 1.29 is 14.1 Å². The van der Waals surface area contributed by atoms with Gasteiger partial charge in [-0.25, -0.2) is 14.2 Å². The van der Waals surface area contributed by atoms with Gasteiger partial charge >= 0.3 is 5.69 Å². The van der Waals surface area contributed by atoms with Crippen LogP contribution in [0.5, 0.6) is 0 Å². The third kappa shape index (κ3) is 2.78. The lowest BCUT2D eigenvalue weighted by Crippen LogP contribution is -2.34. The highest BCUT2D eigenvalue weighted by molar-refractivity contribution is 5.90. The van der Waals surface area contributed by atoms with Gasteiger partial charge in [0, 0.05) is 12.7 Å². The topological polar surface area (TPSA) is 78.2 Å². The zero-order valence-electron chi connectivity index (χ0n) is 12.4. The molecule has 3 aromatic rings. The summed E-state index contributed by atoms with van der Waals surface area (Å²) in [5.74, 6) is -0.355. The van der Waals surface area contributed by atoms with E-state index in [2.05, 4.69) is 9.97 Å². The van der Waals surface area contributed by atoms with Gasteiger partial charge in [0.15, 0.2) is 0 Å². The zero-order chi connectivity index (χ0) is 16.4. The van der Waals surface area contributed by atoms with Crippen LogP contribution in [0.4, 0.5) is 4.39 Å². The highest BCUT2D eigenvalue weighted by Crippen LogP contribution is 2.23. The Balaban J connectivity index is 2.31. The predicted octanol–water partition coefficient (Wildman–Crippen LogP) is 0.956. The Kier molecular flexibility index (Phi) is 4.03. The molecule has 0 saturated heterocycles. The Bertz CT molecular complexity index is 961. The Morgan fingerprint density at radius 3 is 2.65 bits per heavy atom. The largest absolute Gasteiger partial charge is 0.415 e. The second kappa shape index (κ2) is 6.13. The summed E-state index contributed by atoms with van der Waals surface area (Å²) >= 11 is 0. The molecule has 0 saturated carbocycles. The molecular formula is C16H15FN3O3+. The average Bonchev–Trinajstić information content (AvgIpc) is 2.55. The molecule has 0 amide bonds. The number of hydrogen-bond acceptors (Lipinski definition) is 3. The standard InChI is InChI=1S/C16H14FN3O3/c1-23-9-8-20-14-13(15(21)19-16(20)22)12(6-7-18-14)10-2-4-11(17)5-3-10/h2-7H,8-9H2,1H3,(H,19,21,22)/p+1. The fraction of sp³-hybridized carbons (Fsp3) is 0.188. The fourth-order valence-electron chi connectivity index (χ4n) is 2.52. The van der Waals surface area contributed by atoms with Gasteiger partial charge in [-0.3, -0.25) is 9.78 Å². The van der Waals surface area contributed by atoms with Crippen molar-refractivity contribution in [3.63, 3.8) is 0 Å². The summed E-state index contributed by atoms with van der Waals surface area (Å²) in [5.41, 5.74) is 0.707. The van der Waals surface area contributed by atoms with Crippen LogP contribution in [0.2, 0.25) is 0 Å². The number of ether oxygens (including phenoxy) is 1. The van der Waals surface area contributed by atoms with Crippen molar-refractivity contribution >= 4 is 11.0 Å². The summed E-state index contributed by atoms with van der Waals surface area (Å²) in [6.45, 7) is 0.627. The van der Waals surface area contributed by atoms with Crippen molar-refractivity contribution in [3.05, 3.63) is 63.2 Å². The van der Waals surface area contributed by atoms with E-state index in [1.807, 2.05) is 0 Å². The molecular weight excluding hydrogens is 301 g/mol. The van der Waals surface area contributed by atoms with Crippen LogP contribution >= 0.6 is 0 Å². The van der Waals surface area contributed by atoms with Crippen LogP contribution in [0.15, 0.2) is 46.1 Å². The lowest BCUT2D eigenvalue weighted by molar-refractivity contribution is -0.349. The van der Waals surface area contributed by atoms with Crippen LogP contribution in [0.25, 0.3) is 22.2 Å². The number of nitrogens with zero attached hydrogens (tertiary/aromatic N) is 1. The summed E-state index contributed by atoms with van der Waals surface area (Å²) in [7, 11) is 1.53. The fourth-order valence-corrected chi connectivity index (χ4v) is 2.52. The summed E-state index contributed by atoms with van der Waals surface area (Å²) < 4.78 is 19.5. The number of H-pyrrole nitrogens is 2. The van der Waals surface area contributed by atoms with Crippen molar-refractivity contribution in [2.45, 2.75) is 6.54 Å². The summed E-state index contributed by atoms with van der Waals surface area (Å²) in [4.78, 5) is 29.6. The summed E-state index contributed by atoms with van der Waals surface area (Å²) in [5, 5.41) is 0.342. The molecule has 0 fully saturated rings. The molecule has 2 aromatic heterocycles. The van der Waals surface area contributed by atoms with Gasteiger partial charge in [0.25, 0.3) is 11.2 Å². The maximum atomic E-state index is 13.1. The molecule has 0 spiro atoms. The third-order valence-corrected chi connectivity index (χ3v) is 3.61. The maximum absolute atomic E-state index is 13.1. The van der Waals surface area contributed by atoms with Crippen molar-refractivity contribution in [2.75, 3.05) is 13.7 Å². The van der Waals surface area contributed by atoms with Gasteiger partial charge in [-0.1, -0.05) is 12.1 Å². The minimum atomic E-state index is -0.507. The monoisotopic (exact) mass is 316 g/mol. The highest BCUT2D eigenvalue weighted by atomic mass is 19.1. The van der Waals surface area contributed by atoms with Crippen LogP contribution < -0.4 is 16.2 Å². The summed E-state index contributed by atoms with van der Waals surface area (Å²) in [6.07, 6.45) is 1.64. The van der Waals surface area contributed by atoms with Crippen LogP contribution in [-0.4, -0.2) is 23.3 Å². The Hall–Kier alpha value is -2.80. The smallest absolute Gasteiger partial charge is 0.381 e. The molecule has 7 heteroatoms. The lowest BCUT2D eigenvalue weighted by atomic mass is 10.0. The van der Waals surface area contributed by atoms with Gasteiger partial charge in [-0.15, -0.1) is 0 Å². The van der Waals surface area contributed by atoms with Crippen LogP contribution in [0, 0.1) is 5.82 Å². The summed E-state index contributed by atoms with van der Waals surface area (Å²) in [6, 6.07) is 7.55. The Morgan fingerprint density at radius 1 is 1.22 bits per heavy atom. The minimum Gasteiger partial charge on any atom is -0.381 e. The number of rotatable bonds is 4. The molecule has 0 aliphatic heterocycles. The first-order valence-electron chi connectivity index (χ1n) is 7.04. The van der Waals surface area contributed by atoms with Gasteiger partial charge < -0.3 is 4.74 Å². The number of benzene rings is 1. The van der Waals surface area contributed by atoms with Crippen molar-refractivity contribution in [3.8, 4) is 11.1 Å². The number of methoxy groups -OCH3 is 1. The van der Waals surface area contributed by atoms with Gasteiger partial charge in [0.2, 0.25) is 0 Å². The first kappa shape index (κ1) is 15.1. The molecule has 0 radical (unpaired) electrons. The van der Waals surface area contributed by atoms with E-state index in [4.69, 9.17) is 4.74 Å². The number of pyridine rings is 1. The quantitative estimate of drug-likeness (QED) is 0.778. The van der Waals surface area contributed by atoms with E-state index in [0.29, 0.717) is 35.3 Å². The van der Waals surface area contributed by atoms with E-state index in [9.17, 15) is 14.0 Å². The lowest BCUT2D eigenvalue weighted by Gasteiger charge is -2.06. The van der Waals surface area contributed by atoms with Crippen molar-refractivity contribution in [1.82, 2.24) is 9.55 Å². The molecule has 0 aliphatic rings. The molecule has 23 heavy (non-hydrogen) atoms. The molecule has 2 N–H and O–H groups in total. The predicted molar refractivity (Wildman–Crippen MR) is 82.7 cm³/mol. The van der Waals surface area contributed by atoms with Crippen molar-refractivity contribution in [2.24, 2.45) is 0 Å². The maximum Gasteiger partial charge on any atom is 0.415 e. The Morgan fingerprint density at radius 2 is 1.96 bits per heavy atom. The number of aromatic nitrogens is 3. The molecule has 3 rings (SSSR count). The minimum absolute atomic E-state index is 0.298.